The van der Waals surface area contributed by atoms with Crippen molar-refractivity contribution in [1.29, 1.82) is 0 Å². The molecule has 7 heteroatoms. The number of rotatable bonds is 2. The second-order valence-corrected chi connectivity index (χ2v) is 5.68. The van der Waals surface area contributed by atoms with E-state index in [0.717, 1.165) is 23.6 Å². The summed E-state index contributed by atoms with van der Waals surface area (Å²) in [7, 11) is 0. The molecule has 2 aromatic rings. The highest BCUT2D eigenvalue weighted by Crippen LogP contribution is 2.41. The lowest BCUT2D eigenvalue weighted by Crippen LogP contribution is -2.37. The number of imidazole rings is 1. The van der Waals surface area contributed by atoms with Crippen molar-refractivity contribution in [2.24, 2.45) is 0 Å². The van der Waals surface area contributed by atoms with E-state index in [1.54, 1.807) is 12.5 Å². The quantitative estimate of drug-likeness (QED) is 0.920. The number of aromatic nitrogens is 4. The lowest BCUT2D eigenvalue weighted by molar-refractivity contribution is 0.239. The smallest absolute Gasteiger partial charge is 0.111 e. The standard InChI is InChI=1S/C14H17N5.2ClH/c1-4-14(5-7-19(6-1)9-14)13-3-2-11(17-18-13)12-8-15-10-16-12;;/h2-3,8,10H,1,4-7,9H2,(H,15,16);2*1H/t14-;;/m0../s1. The molecule has 2 aromatic heterocycles. The molecule has 21 heavy (non-hydrogen) atoms. The first-order chi connectivity index (χ1) is 9.36. The fourth-order valence-corrected chi connectivity index (χ4v) is 3.49. The van der Waals surface area contributed by atoms with E-state index in [2.05, 4.69) is 37.2 Å². The number of fused-ring (bicyclic) bond motifs is 2. The fraction of sp³-hybridized carbons (Fsp3) is 0.500. The SMILES string of the molecule is Cl.Cl.c1ncc(-c2ccc([C@@]34CCCN(CC3)C4)nn2)[nH]1. The Kier molecular flexibility index (Phi) is 4.86. The Bertz CT molecular complexity index is 568. The van der Waals surface area contributed by atoms with Gasteiger partial charge in [-0.15, -0.1) is 29.9 Å². The van der Waals surface area contributed by atoms with Gasteiger partial charge in [-0.2, -0.15) is 5.10 Å². The molecule has 4 rings (SSSR count). The molecule has 0 saturated carbocycles. The van der Waals surface area contributed by atoms with Gasteiger partial charge in [-0.05, 0) is 44.5 Å². The van der Waals surface area contributed by atoms with Crippen LogP contribution in [0.3, 0.4) is 0 Å². The maximum Gasteiger partial charge on any atom is 0.111 e. The van der Waals surface area contributed by atoms with Crippen LogP contribution in [0.5, 0.6) is 0 Å². The number of hydrogen-bond acceptors (Lipinski definition) is 4. The van der Waals surface area contributed by atoms with E-state index < -0.39 is 0 Å². The van der Waals surface area contributed by atoms with Gasteiger partial charge in [0, 0.05) is 12.0 Å². The molecule has 2 aliphatic rings. The number of piperidine rings is 1. The van der Waals surface area contributed by atoms with Gasteiger partial charge in [-0.1, -0.05) is 0 Å². The van der Waals surface area contributed by atoms with E-state index in [0.29, 0.717) is 0 Å². The van der Waals surface area contributed by atoms with Crippen molar-refractivity contribution in [3.8, 4) is 11.4 Å². The molecule has 0 aliphatic carbocycles. The van der Waals surface area contributed by atoms with Gasteiger partial charge in [0.05, 0.1) is 23.9 Å². The van der Waals surface area contributed by atoms with Crippen molar-refractivity contribution >= 4 is 24.8 Å². The Morgan fingerprint density at radius 2 is 2.00 bits per heavy atom. The maximum absolute atomic E-state index is 4.50. The van der Waals surface area contributed by atoms with E-state index in [9.17, 15) is 0 Å². The zero-order valence-corrected chi connectivity index (χ0v) is 13.3. The topological polar surface area (TPSA) is 57.7 Å². The largest absolute Gasteiger partial charge is 0.343 e. The van der Waals surface area contributed by atoms with Crippen molar-refractivity contribution in [3.63, 3.8) is 0 Å². The summed E-state index contributed by atoms with van der Waals surface area (Å²) in [6, 6.07) is 4.21. The Hall–Kier alpha value is -1.17. The third-order valence-electron chi connectivity index (χ3n) is 4.54. The minimum atomic E-state index is 0. The molecule has 0 spiro atoms. The summed E-state index contributed by atoms with van der Waals surface area (Å²) >= 11 is 0. The highest BCUT2D eigenvalue weighted by atomic mass is 35.5. The lowest BCUT2D eigenvalue weighted by atomic mass is 9.78. The highest BCUT2D eigenvalue weighted by molar-refractivity contribution is 5.85. The Morgan fingerprint density at radius 3 is 2.71 bits per heavy atom. The molecule has 0 radical (unpaired) electrons. The lowest BCUT2D eigenvalue weighted by Gasteiger charge is -2.33. The predicted octanol–water partition coefficient (Wildman–Crippen LogP) is 2.45. The van der Waals surface area contributed by atoms with Crippen molar-refractivity contribution in [3.05, 3.63) is 30.4 Å². The van der Waals surface area contributed by atoms with Gasteiger partial charge in [0.1, 0.15) is 5.69 Å². The van der Waals surface area contributed by atoms with E-state index in [1.165, 1.54) is 32.4 Å². The van der Waals surface area contributed by atoms with Crippen LogP contribution in [0.4, 0.5) is 0 Å². The summed E-state index contributed by atoms with van der Waals surface area (Å²) in [5, 5.41) is 8.87. The Morgan fingerprint density at radius 1 is 1.10 bits per heavy atom. The number of nitrogens with one attached hydrogen (secondary N) is 1. The molecule has 0 amide bonds. The summed E-state index contributed by atoms with van der Waals surface area (Å²) in [6.07, 6.45) is 7.20. The second kappa shape index (κ2) is 6.30. The zero-order valence-electron chi connectivity index (χ0n) is 11.7. The minimum Gasteiger partial charge on any atom is -0.343 e. The second-order valence-electron chi connectivity index (χ2n) is 5.68. The minimum absolute atomic E-state index is 0. The molecular formula is C14H19Cl2N5. The van der Waals surface area contributed by atoms with Gasteiger partial charge < -0.3 is 9.88 Å². The van der Waals surface area contributed by atoms with Crippen LogP contribution in [-0.4, -0.2) is 44.7 Å². The summed E-state index contributed by atoms with van der Waals surface area (Å²) in [5.41, 5.74) is 3.21. The molecule has 114 valence electrons. The highest BCUT2D eigenvalue weighted by Gasteiger charge is 2.43. The summed E-state index contributed by atoms with van der Waals surface area (Å²) in [4.78, 5) is 9.63. The third-order valence-corrected chi connectivity index (χ3v) is 4.54. The molecular weight excluding hydrogens is 309 g/mol. The van der Waals surface area contributed by atoms with Crippen LogP contribution in [0, 0.1) is 0 Å². The van der Waals surface area contributed by atoms with Gasteiger partial charge in [-0.25, -0.2) is 4.98 Å². The number of halogens is 2. The fourth-order valence-electron chi connectivity index (χ4n) is 3.49. The summed E-state index contributed by atoms with van der Waals surface area (Å²) in [6.45, 7) is 3.62. The summed E-state index contributed by atoms with van der Waals surface area (Å²) in [5.74, 6) is 0. The van der Waals surface area contributed by atoms with E-state index in [4.69, 9.17) is 0 Å². The van der Waals surface area contributed by atoms with Gasteiger partial charge in [0.15, 0.2) is 0 Å². The van der Waals surface area contributed by atoms with Crippen LogP contribution < -0.4 is 0 Å². The van der Waals surface area contributed by atoms with Gasteiger partial charge >= 0.3 is 0 Å². The van der Waals surface area contributed by atoms with Crippen molar-refractivity contribution < 1.29 is 0 Å². The van der Waals surface area contributed by atoms with Gasteiger partial charge in [0.2, 0.25) is 0 Å². The molecule has 4 heterocycles. The number of H-pyrrole nitrogens is 1. The van der Waals surface area contributed by atoms with Gasteiger partial charge in [0.25, 0.3) is 0 Å². The number of aromatic amines is 1. The van der Waals surface area contributed by atoms with Crippen LogP contribution in [0.25, 0.3) is 11.4 Å². The molecule has 2 saturated heterocycles. The molecule has 2 fully saturated rings. The number of nitrogens with zero attached hydrogens (tertiary/aromatic N) is 4. The van der Waals surface area contributed by atoms with Crippen molar-refractivity contribution in [1.82, 2.24) is 25.1 Å². The van der Waals surface area contributed by atoms with Crippen LogP contribution >= 0.6 is 24.8 Å². The first-order valence-electron chi connectivity index (χ1n) is 6.91. The molecule has 1 N–H and O–H groups in total. The van der Waals surface area contributed by atoms with Crippen LogP contribution in [0.2, 0.25) is 0 Å². The average Bonchev–Trinajstić information content (AvgIpc) is 3.09. The number of hydrogen-bond donors (Lipinski definition) is 1. The molecule has 2 atom stereocenters. The third kappa shape index (κ3) is 2.78. The first kappa shape index (κ1) is 16.2. The van der Waals surface area contributed by atoms with Gasteiger partial charge in [-0.3, -0.25) is 0 Å². The molecule has 2 aliphatic heterocycles. The average molecular weight is 328 g/mol. The molecule has 0 aromatic carbocycles. The summed E-state index contributed by atoms with van der Waals surface area (Å²) < 4.78 is 0. The molecule has 5 nitrogen and oxygen atoms in total. The van der Waals surface area contributed by atoms with E-state index >= 15 is 0 Å². The first-order valence-corrected chi connectivity index (χ1v) is 6.91. The van der Waals surface area contributed by atoms with Crippen LogP contribution in [-0.2, 0) is 5.41 Å². The van der Waals surface area contributed by atoms with Crippen LogP contribution in [0.15, 0.2) is 24.7 Å². The predicted molar refractivity (Wildman–Crippen MR) is 86.1 cm³/mol. The normalized spacial score (nSPS) is 26.8. The van der Waals surface area contributed by atoms with Crippen molar-refractivity contribution in [2.75, 3.05) is 19.6 Å². The Balaban J connectivity index is 0.000000807. The Labute approximate surface area is 136 Å². The monoisotopic (exact) mass is 327 g/mol. The van der Waals surface area contributed by atoms with Crippen molar-refractivity contribution in [2.45, 2.75) is 24.7 Å². The van der Waals surface area contributed by atoms with E-state index in [-0.39, 0.29) is 30.2 Å². The molecule has 2 bridgehead atoms. The maximum atomic E-state index is 4.50. The zero-order chi connectivity index (χ0) is 12.7. The van der Waals surface area contributed by atoms with Crippen LogP contribution in [0.1, 0.15) is 25.0 Å². The molecule has 1 unspecified atom stereocenters. The van der Waals surface area contributed by atoms with E-state index in [1.807, 2.05) is 0 Å².